The molecule has 1 unspecified atom stereocenters. The number of ether oxygens (including phenoxy) is 2. The zero-order valence-electron chi connectivity index (χ0n) is 20.2. The summed E-state index contributed by atoms with van der Waals surface area (Å²) >= 11 is 1.06. The lowest BCUT2D eigenvalue weighted by molar-refractivity contribution is -0.139. The fourth-order valence-electron chi connectivity index (χ4n) is 4.16. The molecule has 1 spiro atoms. The molecule has 35 heavy (non-hydrogen) atoms. The normalized spacial score (nSPS) is 18.5. The average molecular weight is 497 g/mol. The standard InChI is InChI=1S/C25H28N4O5S/c1-5-6-13-34-21-12-11-18(14-22(21)33-4)15-28-20-10-8-7-9-19(20)25(23(28)32)29(17(3)31)27-24(35-25)26-16(2)30/h7-12,14H,5-6,13,15H2,1-4H3,(H,26,27,30). The van der Waals surface area contributed by atoms with Crippen molar-refractivity contribution in [3.63, 3.8) is 0 Å². The number of hydrogen-bond acceptors (Lipinski definition) is 7. The predicted octanol–water partition coefficient (Wildman–Crippen LogP) is 3.58. The van der Waals surface area contributed by atoms with Crippen LogP contribution in [0.2, 0.25) is 0 Å². The van der Waals surface area contributed by atoms with Crippen LogP contribution in [-0.2, 0) is 25.8 Å². The molecule has 0 radical (unpaired) electrons. The molecule has 2 aliphatic rings. The number of carbonyl (C=O) groups is 3. The van der Waals surface area contributed by atoms with E-state index in [9.17, 15) is 14.4 Å². The summed E-state index contributed by atoms with van der Waals surface area (Å²) in [6, 6.07) is 12.9. The van der Waals surface area contributed by atoms with Crippen molar-refractivity contribution in [3.05, 3.63) is 53.6 Å². The Balaban J connectivity index is 1.68. The number of unbranched alkanes of at least 4 members (excludes halogenated alkanes) is 1. The minimum atomic E-state index is -1.42. The van der Waals surface area contributed by atoms with E-state index in [1.807, 2.05) is 42.5 Å². The first kappa shape index (κ1) is 24.6. The molecule has 9 nitrogen and oxygen atoms in total. The van der Waals surface area contributed by atoms with E-state index >= 15 is 0 Å². The third kappa shape index (κ3) is 4.45. The third-order valence-corrected chi connectivity index (χ3v) is 6.97. The summed E-state index contributed by atoms with van der Waals surface area (Å²) in [6.07, 6.45) is 1.97. The van der Waals surface area contributed by atoms with Crippen molar-refractivity contribution in [1.82, 2.24) is 10.3 Å². The molecule has 0 bridgehead atoms. The number of anilines is 1. The first-order chi connectivity index (χ1) is 16.8. The van der Waals surface area contributed by atoms with Crippen LogP contribution in [-0.4, -0.2) is 41.6 Å². The van der Waals surface area contributed by atoms with Gasteiger partial charge in [-0.15, -0.1) is 5.10 Å². The Bertz CT molecular complexity index is 1200. The van der Waals surface area contributed by atoms with E-state index in [4.69, 9.17) is 9.47 Å². The van der Waals surface area contributed by atoms with Crippen molar-refractivity contribution < 1.29 is 23.9 Å². The summed E-state index contributed by atoms with van der Waals surface area (Å²) in [5.41, 5.74) is 2.16. The highest BCUT2D eigenvalue weighted by Gasteiger charge is 2.61. The van der Waals surface area contributed by atoms with Crippen molar-refractivity contribution in [2.24, 2.45) is 5.10 Å². The van der Waals surface area contributed by atoms with Gasteiger partial charge in [-0.1, -0.05) is 37.6 Å². The van der Waals surface area contributed by atoms with Crippen LogP contribution in [0.15, 0.2) is 47.6 Å². The number of amides is 3. The Morgan fingerprint density at radius 3 is 2.60 bits per heavy atom. The second kappa shape index (κ2) is 9.99. The number of amidine groups is 1. The molecule has 4 rings (SSSR count). The van der Waals surface area contributed by atoms with Crippen LogP contribution in [0.1, 0.15) is 44.7 Å². The predicted molar refractivity (Wildman–Crippen MR) is 134 cm³/mol. The molecule has 2 heterocycles. The Hall–Kier alpha value is -3.53. The summed E-state index contributed by atoms with van der Waals surface area (Å²) in [7, 11) is 1.58. The van der Waals surface area contributed by atoms with Gasteiger partial charge < -0.3 is 19.7 Å². The first-order valence-electron chi connectivity index (χ1n) is 11.4. The zero-order chi connectivity index (χ0) is 25.2. The summed E-state index contributed by atoms with van der Waals surface area (Å²) in [5.74, 6) is 0.186. The zero-order valence-corrected chi connectivity index (χ0v) is 21.0. The summed E-state index contributed by atoms with van der Waals surface area (Å²) < 4.78 is 11.4. The van der Waals surface area contributed by atoms with Crippen LogP contribution in [0, 0.1) is 0 Å². The van der Waals surface area contributed by atoms with Crippen molar-refractivity contribution in [3.8, 4) is 11.5 Å². The van der Waals surface area contributed by atoms with Crippen molar-refractivity contribution in [1.29, 1.82) is 0 Å². The van der Waals surface area contributed by atoms with E-state index in [2.05, 4.69) is 17.3 Å². The van der Waals surface area contributed by atoms with Gasteiger partial charge in [-0.25, -0.2) is 0 Å². The minimum Gasteiger partial charge on any atom is -0.493 e. The molecule has 0 fully saturated rings. The van der Waals surface area contributed by atoms with Crippen LogP contribution in [0.4, 0.5) is 5.69 Å². The van der Waals surface area contributed by atoms with Crippen LogP contribution >= 0.6 is 11.8 Å². The van der Waals surface area contributed by atoms with Gasteiger partial charge in [0.15, 0.2) is 16.7 Å². The maximum absolute atomic E-state index is 14.0. The van der Waals surface area contributed by atoms with Gasteiger partial charge in [-0.05, 0) is 41.9 Å². The number of methoxy groups -OCH3 is 1. The highest BCUT2D eigenvalue weighted by atomic mass is 32.2. The van der Waals surface area contributed by atoms with Crippen LogP contribution in [0.25, 0.3) is 0 Å². The van der Waals surface area contributed by atoms with Gasteiger partial charge in [0.05, 0.1) is 25.9 Å². The summed E-state index contributed by atoms with van der Waals surface area (Å²) in [5, 5.41) is 8.25. The minimum absolute atomic E-state index is 0.202. The quantitative estimate of drug-likeness (QED) is 0.588. The SMILES string of the molecule is CCCCOc1ccc(CN2C(=O)C3(SC(NC(C)=O)=NN3C(C)=O)c3ccccc32)cc1OC. The number of benzene rings is 2. The van der Waals surface area contributed by atoms with E-state index in [0.717, 1.165) is 35.2 Å². The molecule has 0 saturated carbocycles. The molecular formula is C25H28N4O5S. The number of fused-ring (bicyclic) bond motifs is 2. The van der Waals surface area contributed by atoms with Gasteiger partial charge in [0.25, 0.3) is 5.91 Å². The lowest BCUT2D eigenvalue weighted by atomic mass is 10.1. The molecule has 1 N–H and O–H groups in total. The number of para-hydroxylation sites is 1. The second-order valence-corrected chi connectivity index (χ2v) is 9.44. The number of thioether (sulfide) groups is 1. The molecule has 0 aliphatic carbocycles. The Kier molecular flexibility index (Phi) is 7.02. The van der Waals surface area contributed by atoms with Gasteiger partial charge in [0.1, 0.15) is 0 Å². The van der Waals surface area contributed by atoms with E-state index in [0.29, 0.717) is 29.4 Å². The molecule has 184 valence electrons. The van der Waals surface area contributed by atoms with Gasteiger partial charge in [-0.3, -0.25) is 14.4 Å². The molecule has 1 atom stereocenters. The van der Waals surface area contributed by atoms with Crippen LogP contribution < -0.4 is 19.7 Å². The monoisotopic (exact) mass is 496 g/mol. The second-order valence-electron chi connectivity index (χ2n) is 8.26. The smallest absolute Gasteiger partial charge is 0.271 e. The molecular weight excluding hydrogens is 468 g/mol. The van der Waals surface area contributed by atoms with Crippen LogP contribution in [0.3, 0.4) is 0 Å². The molecule has 2 aromatic carbocycles. The maximum atomic E-state index is 14.0. The van der Waals surface area contributed by atoms with E-state index in [-0.39, 0.29) is 23.5 Å². The molecule has 10 heteroatoms. The third-order valence-electron chi connectivity index (χ3n) is 5.73. The highest BCUT2D eigenvalue weighted by Crippen LogP contribution is 2.54. The van der Waals surface area contributed by atoms with E-state index in [1.165, 1.54) is 13.8 Å². The first-order valence-corrected chi connectivity index (χ1v) is 12.2. The number of nitrogens with one attached hydrogen (secondary N) is 1. The largest absolute Gasteiger partial charge is 0.493 e. The average Bonchev–Trinajstić information content (AvgIpc) is 3.32. The fraction of sp³-hybridized carbons (Fsp3) is 0.360. The Morgan fingerprint density at radius 1 is 1.14 bits per heavy atom. The Labute approximate surface area is 208 Å². The summed E-state index contributed by atoms with van der Waals surface area (Å²) in [6.45, 7) is 5.66. The van der Waals surface area contributed by atoms with Gasteiger partial charge in [-0.2, -0.15) is 5.01 Å². The molecule has 0 saturated heterocycles. The number of nitrogens with zero attached hydrogens (tertiary/aromatic N) is 3. The molecule has 2 aliphatic heterocycles. The maximum Gasteiger partial charge on any atom is 0.271 e. The highest BCUT2D eigenvalue weighted by molar-refractivity contribution is 8.15. The van der Waals surface area contributed by atoms with Crippen molar-refractivity contribution >= 4 is 40.3 Å². The van der Waals surface area contributed by atoms with Gasteiger partial charge in [0, 0.05) is 19.4 Å². The number of hydrogen-bond donors (Lipinski definition) is 1. The topological polar surface area (TPSA) is 101 Å². The summed E-state index contributed by atoms with van der Waals surface area (Å²) in [4.78, 5) is 38.5. The lowest BCUT2D eigenvalue weighted by Crippen LogP contribution is -2.48. The van der Waals surface area contributed by atoms with Gasteiger partial charge in [0.2, 0.25) is 16.7 Å². The van der Waals surface area contributed by atoms with Crippen molar-refractivity contribution in [2.45, 2.75) is 45.0 Å². The number of hydrazone groups is 1. The lowest BCUT2D eigenvalue weighted by Gasteiger charge is -2.29. The van der Waals surface area contributed by atoms with Crippen molar-refractivity contribution in [2.75, 3.05) is 18.6 Å². The number of carbonyl (C=O) groups excluding carboxylic acids is 3. The van der Waals surface area contributed by atoms with Crippen LogP contribution in [0.5, 0.6) is 11.5 Å². The molecule has 2 aromatic rings. The Morgan fingerprint density at radius 2 is 1.91 bits per heavy atom. The molecule has 3 amide bonds. The van der Waals surface area contributed by atoms with Gasteiger partial charge >= 0.3 is 0 Å². The molecule has 0 aromatic heterocycles. The fourth-order valence-corrected chi connectivity index (χ4v) is 5.49. The van der Waals surface area contributed by atoms with E-state index in [1.54, 1.807) is 12.0 Å². The van der Waals surface area contributed by atoms with E-state index < -0.39 is 10.8 Å². The number of rotatable bonds is 7.